The molecule has 94 heavy (non-hydrogen) atoms. The summed E-state index contributed by atoms with van der Waals surface area (Å²) in [6.07, 6.45) is 3.47. The van der Waals surface area contributed by atoms with Gasteiger partial charge in [0.05, 0.1) is 41.7 Å². The summed E-state index contributed by atoms with van der Waals surface area (Å²) < 4.78 is 32.5. The number of nitrogens with zero attached hydrogens (tertiary/aromatic N) is 6. The number of amides is 4. The van der Waals surface area contributed by atoms with E-state index in [2.05, 4.69) is 96.9 Å². The number of halogens is 1. The first-order chi connectivity index (χ1) is 44.9. The van der Waals surface area contributed by atoms with Crippen molar-refractivity contribution >= 4 is 97.0 Å². The summed E-state index contributed by atoms with van der Waals surface area (Å²) in [7, 11) is 0. The monoisotopic (exact) mass is 1390 g/mol. The number of pyridine rings is 2. The second-order valence-corrected chi connectivity index (χ2v) is 26.3. The molecule has 0 spiro atoms. The van der Waals surface area contributed by atoms with E-state index in [1.807, 2.05) is 190 Å². The third-order valence-corrected chi connectivity index (χ3v) is 14.0. The molecule has 0 saturated heterocycles. The average molecular weight is 1390 g/mol. The van der Waals surface area contributed by atoms with E-state index in [9.17, 15) is 14.4 Å². The maximum atomic E-state index is 13.4. The third-order valence-electron chi connectivity index (χ3n) is 14.0. The minimum atomic E-state index is -0.602. The summed E-state index contributed by atoms with van der Waals surface area (Å²) in [5, 5.41) is 24.4. The van der Waals surface area contributed by atoms with E-state index >= 15 is 0 Å². The highest BCUT2D eigenvalue weighted by molar-refractivity contribution is 14.1. The summed E-state index contributed by atoms with van der Waals surface area (Å²) in [5.74, 6) is 3.60. The number of carbonyl (C=O) groups excluding carboxylic acids is 3. The van der Waals surface area contributed by atoms with Crippen LogP contribution in [-0.2, 0) is 33.1 Å². The lowest BCUT2D eigenvalue weighted by Crippen LogP contribution is -2.27. The van der Waals surface area contributed by atoms with Crippen LogP contribution < -0.4 is 42.2 Å². The fourth-order valence-electron chi connectivity index (χ4n) is 9.34. The lowest BCUT2D eigenvalue weighted by Gasteiger charge is -2.19. The van der Waals surface area contributed by atoms with Gasteiger partial charge in [0.25, 0.3) is 0 Å². The Balaban J connectivity index is 0.000000223. The van der Waals surface area contributed by atoms with Gasteiger partial charge in [-0.1, -0.05) is 148 Å². The van der Waals surface area contributed by atoms with E-state index in [-0.39, 0.29) is 16.9 Å². The van der Waals surface area contributed by atoms with Crippen molar-refractivity contribution in [2.75, 3.05) is 50.9 Å². The first-order valence-corrected chi connectivity index (χ1v) is 32.4. The molecule has 494 valence electrons. The number of urea groups is 1. The van der Waals surface area contributed by atoms with Crippen LogP contribution in [0.1, 0.15) is 118 Å². The zero-order valence-corrected chi connectivity index (χ0v) is 58.4. The van der Waals surface area contributed by atoms with E-state index in [0.717, 1.165) is 72.4 Å². The number of aryl methyl sites for hydroxylation is 2. The molecule has 0 aliphatic heterocycles. The van der Waals surface area contributed by atoms with Crippen molar-refractivity contribution in [3.8, 4) is 22.9 Å². The highest BCUT2D eigenvalue weighted by Gasteiger charge is 2.24. The van der Waals surface area contributed by atoms with Gasteiger partial charge in [-0.3, -0.25) is 16.0 Å². The van der Waals surface area contributed by atoms with Gasteiger partial charge >= 0.3 is 18.2 Å². The Bertz CT molecular complexity index is 4200. The van der Waals surface area contributed by atoms with Crippen LogP contribution in [0.3, 0.4) is 0 Å². The van der Waals surface area contributed by atoms with Gasteiger partial charge in [-0.25, -0.2) is 33.7 Å². The van der Waals surface area contributed by atoms with Gasteiger partial charge in [-0.05, 0) is 144 Å². The van der Waals surface area contributed by atoms with Crippen molar-refractivity contribution in [2.24, 2.45) is 0 Å². The summed E-state index contributed by atoms with van der Waals surface area (Å²) in [6.45, 7) is 28.5. The van der Waals surface area contributed by atoms with Crippen LogP contribution in [0.25, 0.3) is 32.9 Å². The van der Waals surface area contributed by atoms with Crippen LogP contribution in [0.4, 0.5) is 49.0 Å². The minimum absolute atomic E-state index is 0.0179. The Hall–Kier alpha value is -9.70. The second kappa shape index (κ2) is 31.8. The summed E-state index contributed by atoms with van der Waals surface area (Å²) in [4.78, 5) is 46.2. The molecule has 8 N–H and O–H groups in total. The highest BCUT2D eigenvalue weighted by atomic mass is 127. The molecule has 0 aliphatic rings. The number of rotatable bonds is 14. The second-order valence-electron chi connectivity index (χ2n) is 26.3. The van der Waals surface area contributed by atoms with E-state index < -0.39 is 23.4 Å². The molecule has 4 aromatic heterocycles. The molecular formula is C74H89IN12O7. The molecule has 19 nitrogen and oxygen atoms in total. The predicted molar refractivity (Wildman–Crippen MR) is 390 cm³/mol. The summed E-state index contributed by atoms with van der Waals surface area (Å²) in [6, 6.07) is 50.2. The number of aromatic nitrogens is 6. The Kier molecular flexibility index (Phi) is 23.7. The van der Waals surface area contributed by atoms with E-state index in [4.69, 9.17) is 36.9 Å². The maximum absolute atomic E-state index is 13.4. The fraction of sp³-hybridized carbons (Fsp3) is 0.311. The van der Waals surface area contributed by atoms with Crippen molar-refractivity contribution in [3.05, 3.63) is 204 Å². The van der Waals surface area contributed by atoms with Crippen LogP contribution >= 0.6 is 22.6 Å². The summed E-state index contributed by atoms with van der Waals surface area (Å²) >= 11 is 1.96. The molecule has 4 heterocycles. The number of benzene rings is 6. The lowest BCUT2D eigenvalue weighted by molar-refractivity contribution is 0.0624. The molecular weight excluding hydrogens is 1300 g/mol. The third kappa shape index (κ3) is 21.2. The topological polar surface area (TPSA) is 250 Å². The molecule has 10 rings (SSSR count). The van der Waals surface area contributed by atoms with Crippen LogP contribution in [-0.4, -0.2) is 77.1 Å². The Labute approximate surface area is 567 Å². The van der Waals surface area contributed by atoms with E-state index in [0.29, 0.717) is 65.7 Å². The number of hydrogen-bond donors (Lipinski definition) is 6. The van der Waals surface area contributed by atoms with Crippen LogP contribution in [0.15, 0.2) is 170 Å². The number of nitrogens with two attached hydrogens (primary N) is 2. The normalized spacial score (nSPS) is 11.5. The number of fused-ring (bicyclic) bond motifs is 2. The van der Waals surface area contributed by atoms with Gasteiger partial charge in [0, 0.05) is 76.8 Å². The molecule has 0 bridgehead atoms. The Morgan fingerprint density at radius 1 is 0.511 bits per heavy atom. The zero-order chi connectivity index (χ0) is 69.3. The number of nitrogens with one attached hydrogen (secondary N) is 4. The predicted octanol–water partition coefficient (Wildman–Crippen LogP) is 17.5. The molecule has 6 aromatic carbocycles. The molecule has 4 amide bonds. The van der Waals surface area contributed by atoms with E-state index in [1.165, 1.54) is 5.56 Å². The van der Waals surface area contributed by atoms with Crippen molar-refractivity contribution in [2.45, 2.75) is 132 Å². The first-order valence-electron chi connectivity index (χ1n) is 31.6. The fourth-order valence-corrected chi connectivity index (χ4v) is 9.34. The van der Waals surface area contributed by atoms with Crippen molar-refractivity contribution in [1.29, 1.82) is 0 Å². The molecule has 0 radical (unpaired) electrons. The van der Waals surface area contributed by atoms with Gasteiger partial charge in [-0.15, -0.1) is 0 Å². The van der Waals surface area contributed by atoms with Crippen molar-refractivity contribution < 1.29 is 34.7 Å². The lowest BCUT2D eigenvalue weighted by atomic mass is 9.92. The Morgan fingerprint density at radius 2 is 0.936 bits per heavy atom. The molecule has 0 unspecified atom stereocenters. The number of nitrogen functional groups attached to an aromatic ring is 2. The molecule has 0 fully saturated rings. The molecule has 0 saturated carbocycles. The van der Waals surface area contributed by atoms with Crippen LogP contribution in [0.5, 0.6) is 11.5 Å². The van der Waals surface area contributed by atoms with E-state index in [1.54, 1.807) is 48.6 Å². The van der Waals surface area contributed by atoms with Crippen LogP contribution in [0, 0.1) is 13.8 Å². The SMILES string of the molecule is CC(C)(C)OC(=O)Nc1cc(CCOc2ccc(N)c3ccccc23)ccn1.Cc1ccc(-n2nc(C(C)(C)C)cc2N)cc1.Cc1ccc(-n2nc(C(C)(C)C)cc2NC(=O)Nc2ccc(OCCc3ccnc(NC(=O)OC(C)(C)C)c3)c3ccccc23)cc1.[2H]CI. The molecule has 20 heteroatoms. The number of carbonyl (C=O) groups is 3. The van der Waals surface area contributed by atoms with Gasteiger partial charge in [-0.2, -0.15) is 10.2 Å². The van der Waals surface area contributed by atoms with Gasteiger partial charge in [0.1, 0.15) is 46.0 Å². The number of hydrogen-bond acceptors (Lipinski definition) is 13. The van der Waals surface area contributed by atoms with Crippen molar-refractivity contribution in [1.82, 2.24) is 29.5 Å². The van der Waals surface area contributed by atoms with Gasteiger partial charge in [0.15, 0.2) is 0 Å². The number of ether oxygens (including phenoxy) is 4. The molecule has 10 aromatic rings. The van der Waals surface area contributed by atoms with Gasteiger partial charge in [0.2, 0.25) is 0 Å². The first kappa shape index (κ1) is 70.2. The largest absolute Gasteiger partial charge is 0.493 e. The summed E-state index contributed by atoms with van der Waals surface area (Å²) in [5.41, 5.74) is 20.1. The molecule has 0 aliphatic carbocycles. The minimum Gasteiger partial charge on any atom is -0.493 e. The van der Waals surface area contributed by atoms with Crippen LogP contribution in [0.2, 0.25) is 0 Å². The zero-order valence-electron chi connectivity index (χ0n) is 57.3. The van der Waals surface area contributed by atoms with Crippen molar-refractivity contribution in [3.63, 3.8) is 0 Å². The van der Waals surface area contributed by atoms with Gasteiger partial charge < -0.3 is 35.7 Å². The quantitative estimate of drug-likeness (QED) is 0.0337. The standard InChI is InChI=1S/C37H42N6O4.C22H25N3O3.C14H19N3.CH3I/c1-24-12-14-26(15-13-24)43-33(23-31(42-43)36(2,3)4)41-34(44)39-29-16-17-30(28-11-9-8-10-27(28)29)46-21-19-25-18-20-38-32(22-25)40-35(45)47-37(5,6)7;1-22(2,3)28-21(26)25-20-14-15(10-12-24-20)11-13-27-19-9-8-18(23)16-6-4-5-7-17(16)19;1-10-5-7-11(8-6-10)17-13(15)9-12(16-17)14(2,3)4;1-2/h8-18,20,22-23H,19,21H2,1-7H3,(H,38,40,45)(H2,39,41,44);4-10,12,14H,11,13,23H2,1-3H3,(H,24,25,26);5-9H,15H2,1-4H3;1H3/i;;;1D. The smallest absolute Gasteiger partial charge is 0.413 e. The number of anilines is 6. The highest BCUT2D eigenvalue weighted by Crippen LogP contribution is 2.34. The maximum Gasteiger partial charge on any atom is 0.413 e. The molecule has 0 atom stereocenters. The Morgan fingerprint density at radius 3 is 1.40 bits per heavy atom. The number of alkyl halides is 1. The average Bonchev–Trinajstić information content (AvgIpc) is 1.73.